The first-order chi connectivity index (χ1) is 10.6. The van der Waals surface area contributed by atoms with Crippen LogP contribution in [0, 0.1) is 17.6 Å². The van der Waals surface area contributed by atoms with Gasteiger partial charge in [0.15, 0.2) is 5.78 Å². The fraction of sp³-hybridized carbons (Fsp3) is 0.632. The van der Waals surface area contributed by atoms with Gasteiger partial charge in [0.2, 0.25) is 0 Å². The summed E-state index contributed by atoms with van der Waals surface area (Å²) in [6, 6.07) is 2.77. The lowest BCUT2D eigenvalue weighted by atomic mass is 9.77. The van der Waals surface area contributed by atoms with Crippen LogP contribution in [-0.4, -0.2) is 5.78 Å². The molecule has 1 aliphatic carbocycles. The van der Waals surface area contributed by atoms with Gasteiger partial charge in [-0.3, -0.25) is 4.79 Å². The number of ketones is 1. The van der Waals surface area contributed by atoms with E-state index in [1.807, 2.05) is 6.92 Å². The molecule has 0 atom stereocenters. The van der Waals surface area contributed by atoms with E-state index in [1.165, 1.54) is 25.0 Å². The average Bonchev–Trinajstić information content (AvgIpc) is 2.48. The highest BCUT2D eigenvalue weighted by atomic mass is 19.1. The van der Waals surface area contributed by atoms with Crippen molar-refractivity contribution in [3.63, 3.8) is 0 Å². The molecule has 1 aromatic rings. The highest BCUT2D eigenvalue weighted by molar-refractivity contribution is 5.96. The van der Waals surface area contributed by atoms with Crippen LogP contribution >= 0.6 is 0 Å². The van der Waals surface area contributed by atoms with Crippen molar-refractivity contribution in [1.29, 1.82) is 0 Å². The number of rotatable bonds is 6. The molecule has 1 saturated carbocycles. The first-order valence-corrected chi connectivity index (χ1v) is 8.58. The van der Waals surface area contributed by atoms with Gasteiger partial charge in [0.25, 0.3) is 0 Å². The van der Waals surface area contributed by atoms with Gasteiger partial charge in [-0.25, -0.2) is 8.78 Å². The lowest BCUT2D eigenvalue weighted by molar-refractivity contribution is 0.0973. The summed E-state index contributed by atoms with van der Waals surface area (Å²) >= 11 is 0. The molecule has 0 N–H and O–H groups in total. The summed E-state index contributed by atoms with van der Waals surface area (Å²) < 4.78 is 28.4. The molecule has 0 bridgehead atoms. The fourth-order valence-corrected chi connectivity index (χ4v) is 3.64. The molecule has 0 aliphatic heterocycles. The van der Waals surface area contributed by atoms with Crippen molar-refractivity contribution in [2.45, 2.75) is 71.1 Å². The number of halogens is 2. The summed E-state index contributed by atoms with van der Waals surface area (Å²) in [6.45, 7) is 4.03. The zero-order valence-corrected chi connectivity index (χ0v) is 13.6. The second-order valence-electron chi connectivity index (χ2n) is 6.54. The molecular weight excluding hydrogens is 282 g/mol. The summed E-state index contributed by atoms with van der Waals surface area (Å²) in [4.78, 5) is 11.8. The van der Waals surface area contributed by atoms with E-state index in [-0.39, 0.29) is 17.9 Å². The van der Waals surface area contributed by atoms with Crippen molar-refractivity contribution >= 4 is 5.78 Å². The molecule has 0 saturated heterocycles. The van der Waals surface area contributed by atoms with E-state index < -0.39 is 17.4 Å². The molecule has 122 valence electrons. The minimum atomic E-state index is -0.691. The van der Waals surface area contributed by atoms with Crippen molar-refractivity contribution in [2.24, 2.45) is 5.92 Å². The molecule has 1 aliphatic rings. The third-order valence-electron chi connectivity index (χ3n) is 4.84. The predicted molar refractivity (Wildman–Crippen MR) is 85.2 cm³/mol. The number of hydrogen-bond donors (Lipinski definition) is 0. The maximum Gasteiger partial charge on any atom is 0.168 e. The Kier molecular flexibility index (Phi) is 6.10. The van der Waals surface area contributed by atoms with Gasteiger partial charge >= 0.3 is 0 Å². The Hall–Kier alpha value is -1.25. The smallest absolute Gasteiger partial charge is 0.168 e. The van der Waals surface area contributed by atoms with Crippen molar-refractivity contribution in [2.75, 3.05) is 0 Å². The number of Topliss-reactive ketones (excluding diaryl/α,β-unsaturated/α-hetero) is 1. The first-order valence-electron chi connectivity index (χ1n) is 8.58. The van der Waals surface area contributed by atoms with Crippen molar-refractivity contribution in [3.8, 4) is 0 Å². The topological polar surface area (TPSA) is 17.1 Å². The predicted octanol–water partition coefficient (Wildman–Crippen LogP) is 6.02. The summed E-state index contributed by atoms with van der Waals surface area (Å²) in [5.41, 5.74) is 0.364. The van der Waals surface area contributed by atoms with Crippen molar-refractivity contribution < 1.29 is 13.6 Å². The van der Waals surface area contributed by atoms with Crippen LogP contribution in [-0.2, 0) is 0 Å². The Balaban J connectivity index is 2.12. The van der Waals surface area contributed by atoms with E-state index in [9.17, 15) is 13.6 Å². The third-order valence-corrected chi connectivity index (χ3v) is 4.84. The van der Waals surface area contributed by atoms with Gasteiger partial charge in [-0.05, 0) is 61.6 Å². The molecule has 1 fully saturated rings. The first kappa shape index (κ1) is 17.1. The summed E-state index contributed by atoms with van der Waals surface area (Å²) in [5.74, 6) is -0.822. The third kappa shape index (κ3) is 3.93. The second kappa shape index (κ2) is 7.85. The van der Waals surface area contributed by atoms with Gasteiger partial charge in [-0.2, -0.15) is 0 Å². The van der Waals surface area contributed by atoms with Gasteiger partial charge in [0.05, 0.1) is 5.56 Å². The second-order valence-corrected chi connectivity index (χ2v) is 6.54. The fourth-order valence-electron chi connectivity index (χ4n) is 3.64. The molecule has 1 nitrogen and oxygen atoms in total. The van der Waals surface area contributed by atoms with Gasteiger partial charge < -0.3 is 0 Å². The van der Waals surface area contributed by atoms with Crippen molar-refractivity contribution in [3.05, 3.63) is 34.9 Å². The zero-order valence-electron chi connectivity index (χ0n) is 13.6. The highest BCUT2D eigenvalue weighted by Gasteiger charge is 2.25. The molecule has 3 heteroatoms. The molecule has 22 heavy (non-hydrogen) atoms. The number of hydrogen-bond acceptors (Lipinski definition) is 1. The summed E-state index contributed by atoms with van der Waals surface area (Å²) in [7, 11) is 0. The molecule has 0 heterocycles. The number of benzene rings is 1. The van der Waals surface area contributed by atoms with Crippen LogP contribution < -0.4 is 0 Å². The molecule has 2 rings (SSSR count). The molecule has 0 radical (unpaired) electrons. The average molecular weight is 308 g/mol. The van der Waals surface area contributed by atoms with Gasteiger partial charge in [-0.15, -0.1) is 0 Å². The Morgan fingerprint density at radius 2 is 1.64 bits per heavy atom. The van der Waals surface area contributed by atoms with Crippen LogP contribution in [0.2, 0.25) is 0 Å². The number of carbonyl (C=O) groups excluding carboxylic acids is 1. The Labute approximate surface area is 132 Å². The van der Waals surface area contributed by atoms with E-state index in [0.29, 0.717) is 6.42 Å². The number of carbonyl (C=O) groups is 1. The molecule has 0 aromatic heterocycles. The lowest BCUT2D eigenvalue weighted by Gasteiger charge is -2.28. The van der Waals surface area contributed by atoms with Gasteiger partial charge in [0, 0.05) is 6.42 Å². The Bertz CT molecular complexity index is 493. The Morgan fingerprint density at radius 1 is 1.05 bits per heavy atom. The van der Waals surface area contributed by atoms with E-state index in [4.69, 9.17) is 0 Å². The standard InChI is InChI=1S/C19H26F2O/c1-3-5-13-7-9-14(10-8-13)15-11-16(20)19(17(21)12-15)18(22)6-4-2/h11-14H,3-10H2,1-2H3. The zero-order chi connectivity index (χ0) is 16.1. The summed E-state index contributed by atoms with van der Waals surface area (Å²) in [6.07, 6.45) is 7.50. The maximum atomic E-state index is 14.2. The molecule has 1 aromatic carbocycles. The van der Waals surface area contributed by atoms with E-state index in [0.717, 1.165) is 37.2 Å². The minimum Gasteiger partial charge on any atom is -0.294 e. The van der Waals surface area contributed by atoms with E-state index in [2.05, 4.69) is 6.92 Å². The lowest BCUT2D eigenvalue weighted by Crippen LogP contribution is -2.14. The Morgan fingerprint density at radius 3 is 2.14 bits per heavy atom. The largest absolute Gasteiger partial charge is 0.294 e. The summed E-state index contributed by atoms with van der Waals surface area (Å²) in [5, 5.41) is 0. The maximum absolute atomic E-state index is 14.2. The highest BCUT2D eigenvalue weighted by Crippen LogP contribution is 2.38. The SMILES string of the molecule is CCCC(=O)c1c(F)cc(C2CCC(CCC)CC2)cc1F. The van der Waals surface area contributed by atoms with Gasteiger partial charge in [-0.1, -0.05) is 26.7 Å². The van der Waals surface area contributed by atoms with Crippen LogP contribution in [0.4, 0.5) is 8.78 Å². The molecule has 0 amide bonds. The minimum absolute atomic E-state index is 0.190. The normalized spacial score (nSPS) is 21.8. The monoisotopic (exact) mass is 308 g/mol. The molecular formula is C19H26F2O. The van der Waals surface area contributed by atoms with Crippen LogP contribution in [0.5, 0.6) is 0 Å². The van der Waals surface area contributed by atoms with E-state index >= 15 is 0 Å². The van der Waals surface area contributed by atoms with E-state index in [1.54, 1.807) is 0 Å². The van der Waals surface area contributed by atoms with Gasteiger partial charge in [0.1, 0.15) is 11.6 Å². The van der Waals surface area contributed by atoms with Crippen LogP contribution in [0.3, 0.4) is 0 Å². The molecule has 0 spiro atoms. The van der Waals surface area contributed by atoms with Crippen LogP contribution in [0.1, 0.15) is 87.1 Å². The van der Waals surface area contributed by atoms with Crippen molar-refractivity contribution in [1.82, 2.24) is 0 Å². The molecule has 0 unspecified atom stereocenters. The van der Waals surface area contributed by atoms with Crippen LogP contribution in [0.15, 0.2) is 12.1 Å². The quantitative estimate of drug-likeness (QED) is 0.587. The van der Waals surface area contributed by atoms with Crippen LogP contribution in [0.25, 0.3) is 0 Å².